The number of carbonyl (C=O) groups excluding carboxylic acids is 2. The van der Waals surface area contributed by atoms with E-state index in [0.29, 0.717) is 18.3 Å². The average molecular weight is 551 g/mol. The van der Waals surface area contributed by atoms with Crippen LogP contribution in [0.5, 0.6) is 0 Å². The molecule has 6 rings (SSSR count). The topological polar surface area (TPSA) is 58.2 Å². The van der Waals surface area contributed by atoms with Gasteiger partial charge in [-0.15, -0.1) is 0 Å². The summed E-state index contributed by atoms with van der Waals surface area (Å²) in [4.78, 5) is 26.2. The van der Waals surface area contributed by atoms with Gasteiger partial charge in [-0.25, -0.2) is 0 Å². The molecular weight excluding hydrogens is 513 g/mol. The van der Waals surface area contributed by atoms with Crippen LogP contribution in [-0.4, -0.2) is 24.0 Å². The van der Waals surface area contributed by atoms with Crippen LogP contribution < -0.4 is 10.6 Å². The first-order chi connectivity index (χ1) is 19.0. The molecule has 2 aromatic carbocycles. The highest BCUT2D eigenvalue weighted by atomic mass is 19.4. The molecule has 2 aromatic rings. The predicted octanol–water partition coefficient (Wildman–Crippen LogP) is 6.52. The summed E-state index contributed by atoms with van der Waals surface area (Å²) < 4.78 is 45.7. The lowest BCUT2D eigenvalue weighted by Gasteiger charge is -2.58. The Kier molecular flexibility index (Phi) is 6.43. The molecule has 4 nitrogen and oxygen atoms in total. The summed E-state index contributed by atoms with van der Waals surface area (Å²) in [7, 11) is 0. The number of halogens is 3. The molecular formula is C33H37F3N2O2. The van der Waals surface area contributed by atoms with Crippen LogP contribution in [-0.2, 0) is 15.1 Å². The SMILES string of the molecule is C[C@]12C=CC(=O)NC1CC[C@@H]1[C@H]2CC[C@]2(C)C(C(=O)NC(c3ccccc3)(c3ccccc3)C(F)(F)F)CC[C@@H]12. The van der Waals surface area contributed by atoms with Crippen molar-refractivity contribution in [2.75, 3.05) is 0 Å². The van der Waals surface area contributed by atoms with Gasteiger partial charge >= 0.3 is 6.18 Å². The fourth-order valence-corrected chi connectivity index (χ4v) is 9.12. The average Bonchev–Trinajstić information content (AvgIpc) is 3.29. The normalized spacial score (nSPS) is 35.2. The van der Waals surface area contributed by atoms with Gasteiger partial charge in [0, 0.05) is 17.4 Å². The lowest BCUT2D eigenvalue weighted by molar-refractivity contribution is -0.192. The summed E-state index contributed by atoms with van der Waals surface area (Å²) in [5.41, 5.74) is -3.15. The van der Waals surface area contributed by atoms with E-state index in [1.54, 1.807) is 42.5 Å². The smallest absolute Gasteiger partial charge is 0.349 e. The minimum atomic E-state index is -4.76. The quantitative estimate of drug-likeness (QED) is 0.455. The first-order valence-electron chi connectivity index (χ1n) is 14.5. The number of nitrogens with one attached hydrogen (secondary N) is 2. The molecule has 7 heteroatoms. The van der Waals surface area contributed by atoms with Crippen molar-refractivity contribution in [2.45, 2.75) is 70.1 Å². The van der Waals surface area contributed by atoms with Crippen molar-refractivity contribution in [1.82, 2.24) is 10.6 Å². The third-order valence-corrected chi connectivity index (χ3v) is 11.2. The van der Waals surface area contributed by atoms with Crippen molar-refractivity contribution in [1.29, 1.82) is 0 Å². The monoisotopic (exact) mass is 550 g/mol. The van der Waals surface area contributed by atoms with Gasteiger partial charge in [-0.1, -0.05) is 80.6 Å². The van der Waals surface area contributed by atoms with Crippen molar-refractivity contribution < 1.29 is 22.8 Å². The molecule has 7 atom stereocenters. The van der Waals surface area contributed by atoms with Gasteiger partial charge in [0.2, 0.25) is 11.8 Å². The zero-order chi connectivity index (χ0) is 28.3. The van der Waals surface area contributed by atoms with Crippen molar-refractivity contribution in [3.8, 4) is 0 Å². The number of carbonyl (C=O) groups is 2. The maximum absolute atomic E-state index is 15.2. The van der Waals surface area contributed by atoms with Gasteiger partial charge in [0.1, 0.15) is 0 Å². The highest BCUT2D eigenvalue weighted by molar-refractivity contribution is 5.89. The van der Waals surface area contributed by atoms with Crippen molar-refractivity contribution in [3.63, 3.8) is 0 Å². The van der Waals surface area contributed by atoms with E-state index in [9.17, 15) is 9.59 Å². The Morgan fingerprint density at radius 3 is 2.10 bits per heavy atom. The van der Waals surface area contributed by atoms with Crippen molar-refractivity contribution >= 4 is 11.8 Å². The van der Waals surface area contributed by atoms with Crippen molar-refractivity contribution in [2.24, 2.45) is 34.5 Å². The Morgan fingerprint density at radius 2 is 1.50 bits per heavy atom. The molecule has 0 saturated heterocycles. The summed E-state index contributed by atoms with van der Waals surface area (Å²) in [6.07, 6.45) is 3.95. The molecule has 2 N–H and O–H groups in total. The maximum Gasteiger partial charge on any atom is 0.420 e. The second-order valence-electron chi connectivity index (χ2n) is 12.9. The molecule has 3 saturated carbocycles. The Labute approximate surface area is 233 Å². The van der Waals surface area contributed by atoms with Gasteiger partial charge in [-0.05, 0) is 78.9 Å². The molecule has 0 spiro atoms. The molecule has 40 heavy (non-hydrogen) atoms. The Bertz CT molecular complexity index is 1270. The van der Waals surface area contributed by atoms with Crippen LogP contribution in [0.4, 0.5) is 13.2 Å². The minimum absolute atomic E-state index is 0.00263. The fraction of sp³-hybridized carbons (Fsp3) is 0.515. The summed E-state index contributed by atoms with van der Waals surface area (Å²) >= 11 is 0. The van der Waals surface area contributed by atoms with Crippen LogP contribution in [0.2, 0.25) is 0 Å². The fourth-order valence-electron chi connectivity index (χ4n) is 9.12. The van der Waals surface area contributed by atoms with Crippen LogP contribution in [0.15, 0.2) is 72.8 Å². The molecule has 2 unspecified atom stereocenters. The lowest BCUT2D eigenvalue weighted by Crippen LogP contribution is -2.61. The zero-order valence-electron chi connectivity index (χ0n) is 23.0. The summed E-state index contributed by atoms with van der Waals surface area (Å²) in [6.45, 7) is 4.38. The third-order valence-electron chi connectivity index (χ3n) is 11.2. The highest BCUT2D eigenvalue weighted by Crippen LogP contribution is 2.65. The molecule has 4 aliphatic rings. The number of hydrogen-bond donors (Lipinski definition) is 2. The Hall–Kier alpha value is -3.09. The summed E-state index contributed by atoms with van der Waals surface area (Å²) in [6, 6.07) is 15.6. The molecule has 212 valence electrons. The third kappa shape index (κ3) is 3.94. The van der Waals surface area contributed by atoms with E-state index in [1.807, 2.05) is 0 Å². The molecule has 2 amide bonds. The zero-order valence-corrected chi connectivity index (χ0v) is 23.0. The van der Waals surface area contributed by atoms with Gasteiger partial charge in [0.05, 0.1) is 0 Å². The molecule has 3 fully saturated rings. The molecule has 0 bridgehead atoms. The molecule has 1 heterocycles. The van der Waals surface area contributed by atoms with E-state index in [1.165, 1.54) is 24.3 Å². The lowest BCUT2D eigenvalue weighted by atomic mass is 9.48. The number of hydrogen-bond acceptors (Lipinski definition) is 2. The predicted molar refractivity (Wildman–Crippen MR) is 147 cm³/mol. The second kappa shape index (κ2) is 9.49. The van der Waals surface area contributed by atoms with Gasteiger partial charge in [0.15, 0.2) is 5.54 Å². The highest BCUT2D eigenvalue weighted by Gasteiger charge is 2.63. The van der Waals surface area contributed by atoms with Gasteiger partial charge in [-0.3, -0.25) is 9.59 Å². The van der Waals surface area contributed by atoms with E-state index in [4.69, 9.17) is 0 Å². The van der Waals surface area contributed by atoms with Crippen LogP contribution >= 0.6 is 0 Å². The van der Waals surface area contributed by atoms with Crippen LogP contribution in [0.3, 0.4) is 0 Å². The van der Waals surface area contributed by atoms with E-state index in [0.717, 1.165) is 32.1 Å². The number of amides is 2. The van der Waals surface area contributed by atoms with Gasteiger partial charge in [0.25, 0.3) is 0 Å². The van der Waals surface area contributed by atoms with Gasteiger partial charge < -0.3 is 10.6 Å². The largest absolute Gasteiger partial charge is 0.420 e. The van der Waals surface area contributed by atoms with E-state index in [2.05, 4.69) is 30.6 Å². The number of alkyl halides is 3. The number of fused-ring (bicyclic) bond motifs is 5. The van der Waals surface area contributed by atoms with Crippen LogP contribution in [0.1, 0.15) is 63.5 Å². The van der Waals surface area contributed by atoms with Gasteiger partial charge in [-0.2, -0.15) is 13.2 Å². The molecule has 3 aliphatic carbocycles. The van der Waals surface area contributed by atoms with E-state index in [-0.39, 0.29) is 39.8 Å². The number of benzene rings is 2. The Morgan fingerprint density at radius 1 is 0.875 bits per heavy atom. The molecule has 0 aromatic heterocycles. The molecule has 0 radical (unpaired) electrons. The summed E-state index contributed by atoms with van der Waals surface area (Å²) in [5.74, 6) is -0.0272. The van der Waals surface area contributed by atoms with E-state index < -0.39 is 23.5 Å². The first kappa shape index (κ1) is 27.1. The molecule has 1 aliphatic heterocycles. The minimum Gasteiger partial charge on any atom is -0.349 e. The standard InChI is InChI=1S/C33H37F3N2O2/c1-30-19-17-25-23(13-16-27-31(25,2)20-18-28(39)37-27)24(30)14-15-26(30)29(40)38-32(33(34,35)36,21-9-5-3-6-10-21)22-11-7-4-8-12-22/h3-12,18,20,23-27H,13-17,19H2,1-2H3,(H,37,39)(H,38,40)/t23-,24-,25+,26?,27?,30-,31+/m0/s1. The number of rotatable bonds is 4. The summed E-state index contributed by atoms with van der Waals surface area (Å²) in [5, 5.41) is 5.77. The first-order valence-corrected chi connectivity index (χ1v) is 14.5. The van der Waals surface area contributed by atoms with Crippen LogP contribution in [0, 0.1) is 34.5 Å². The maximum atomic E-state index is 15.2. The van der Waals surface area contributed by atoms with E-state index >= 15 is 13.2 Å². The van der Waals surface area contributed by atoms with Crippen LogP contribution in [0.25, 0.3) is 0 Å². The second-order valence-corrected chi connectivity index (χ2v) is 12.9. The Balaban J connectivity index is 1.33. The van der Waals surface area contributed by atoms with Crippen molar-refractivity contribution in [3.05, 3.63) is 83.9 Å².